The molecule has 3 aliphatic heterocycles. The Morgan fingerprint density at radius 3 is 2.45 bits per heavy atom. The van der Waals surface area contributed by atoms with Crippen LogP contribution < -0.4 is 21.1 Å². The highest BCUT2D eigenvalue weighted by Crippen LogP contribution is 2.41. The van der Waals surface area contributed by atoms with Gasteiger partial charge in [0.05, 0.1) is 19.3 Å². The minimum Gasteiger partial charge on any atom is -0.379 e. The van der Waals surface area contributed by atoms with Gasteiger partial charge in [-0.2, -0.15) is 0 Å². The summed E-state index contributed by atoms with van der Waals surface area (Å²) in [6, 6.07) is 9.88. The Labute approximate surface area is 228 Å². The molecule has 5 fully saturated rings. The molecule has 38 heavy (non-hydrogen) atoms. The molecule has 0 aromatic heterocycles. The van der Waals surface area contributed by atoms with Crippen molar-refractivity contribution in [3.05, 3.63) is 29.8 Å². The SMILES string of the molecule is CN1CCN(c2ccc(C3NNC4CCC(C(=O)NCC5(N6CCOCC6)CCCCC5)CC43)cc2)CC1. The molecular formula is C30H48N6O2. The molecule has 6 rings (SSSR count). The van der Waals surface area contributed by atoms with Gasteiger partial charge in [0, 0.05) is 69.0 Å². The summed E-state index contributed by atoms with van der Waals surface area (Å²) in [7, 11) is 2.20. The van der Waals surface area contributed by atoms with Crippen LogP contribution in [0.25, 0.3) is 0 Å². The monoisotopic (exact) mass is 524 g/mol. The summed E-state index contributed by atoms with van der Waals surface area (Å²) in [5.74, 6) is 0.824. The Morgan fingerprint density at radius 2 is 1.71 bits per heavy atom. The second kappa shape index (κ2) is 11.8. The van der Waals surface area contributed by atoms with Crippen LogP contribution in [0, 0.1) is 11.8 Å². The van der Waals surface area contributed by atoms with Crippen LogP contribution in [0.4, 0.5) is 5.69 Å². The molecule has 5 aliphatic rings. The van der Waals surface area contributed by atoms with Gasteiger partial charge in [0.2, 0.25) is 5.91 Å². The van der Waals surface area contributed by atoms with Crippen LogP contribution in [-0.4, -0.2) is 93.4 Å². The summed E-state index contributed by atoms with van der Waals surface area (Å²) >= 11 is 0. The number of ether oxygens (including phenoxy) is 1. The Bertz CT molecular complexity index is 921. The Morgan fingerprint density at radius 1 is 0.974 bits per heavy atom. The zero-order valence-electron chi connectivity index (χ0n) is 23.3. The molecule has 8 heteroatoms. The lowest BCUT2D eigenvalue weighted by atomic mass is 9.74. The second-order valence-electron chi connectivity index (χ2n) is 12.5. The molecule has 2 saturated carbocycles. The molecule has 210 valence electrons. The van der Waals surface area contributed by atoms with E-state index < -0.39 is 0 Å². The molecule has 0 bridgehead atoms. The zero-order valence-corrected chi connectivity index (χ0v) is 23.3. The second-order valence-corrected chi connectivity index (χ2v) is 12.5. The number of nitrogens with one attached hydrogen (secondary N) is 3. The Balaban J connectivity index is 1.07. The number of benzene rings is 1. The maximum atomic E-state index is 13.5. The van der Waals surface area contributed by atoms with Crippen LogP contribution in [0.2, 0.25) is 0 Å². The smallest absolute Gasteiger partial charge is 0.223 e. The average molecular weight is 525 g/mol. The number of likely N-dealkylation sites (N-methyl/N-ethyl adjacent to an activating group) is 1. The summed E-state index contributed by atoms with van der Waals surface area (Å²) in [6.45, 7) is 8.85. The van der Waals surface area contributed by atoms with Crippen LogP contribution in [0.1, 0.15) is 63.0 Å². The molecule has 4 unspecified atom stereocenters. The van der Waals surface area contributed by atoms with Gasteiger partial charge in [-0.3, -0.25) is 15.1 Å². The van der Waals surface area contributed by atoms with E-state index in [2.05, 4.69) is 62.2 Å². The molecule has 1 amide bonds. The highest BCUT2D eigenvalue weighted by atomic mass is 16.5. The van der Waals surface area contributed by atoms with E-state index in [9.17, 15) is 4.79 Å². The van der Waals surface area contributed by atoms with E-state index in [4.69, 9.17) is 4.74 Å². The number of carbonyl (C=O) groups excluding carboxylic acids is 1. The number of fused-ring (bicyclic) bond motifs is 1. The van der Waals surface area contributed by atoms with E-state index in [0.29, 0.717) is 12.0 Å². The number of morpholine rings is 1. The van der Waals surface area contributed by atoms with Crippen molar-refractivity contribution in [1.29, 1.82) is 0 Å². The van der Waals surface area contributed by atoms with E-state index in [0.717, 1.165) is 78.3 Å². The van der Waals surface area contributed by atoms with Gasteiger partial charge in [-0.25, -0.2) is 5.43 Å². The van der Waals surface area contributed by atoms with Gasteiger partial charge in [0.25, 0.3) is 0 Å². The molecule has 2 aliphatic carbocycles. The quantitative estimate of drug-likeness (QED) is 0.528. The lowest BCUT2D eigenvalue weighted by Crippen LogP contribution is -2.60. The van der Waals surface area contributed by atoms with Gasteiger partial charge in [0.1, 0.15) is 0 Å². The third kappa shape index (κ3) is 5.61. The van der Waals surface area contributed by atoms with Gasteiger partial charge in [0.15, 0.2) is 0 Å². The molecule has 0 radical (unpaired) electrons. The van der Waals surface area contributed by atoms with Gasteiger partial charge in [-0.05, 0) is 62.8 Å². The lowest BCUT2D eigenvalue weighted by Gasteiger charge is -2.48. The zero-order chi connectivity index (χ0) is 26.0. The highest BCUT2D eigenvalue weighted by molar-refractivity contribution is 5.79. The first kappa shape index (κ1) is 26.5. The molecule has 8 nitrogen and oxygen atoms in total. The molecule has 1 aromatic carbocycles. The van der Waals surface area contributed by atoms with Crippen molar-refractivity contribution < 1.29 is 9.53 Å². The van der Waals surface area contributed by atoms with Crippen molar-refractivity contribution >= 4 is 11.6 Å². The summed E-state index contributed by atoms with van der Waals surface area (Å²) in [4.78, 5) is 21.0. The minimum atomic E-state index is 0.107. The van der Waals surface area contributed by atoms with Crippen molar-refractivity contribution in [1.82, 2.24) is 26.0 Å². The standard InChI is InChI=1S/C30H48N6O2/c1-34-13-15-35(16-14-34)25-8-5-23(6-9-25)28-26-21-24(7-10-27(26)32-33-28)29(37)31-22-30(11-3-2-4-12-30)36-17-19-38-20-18-36/h5-6,8-9,24,26-28,32-33H,2-4,7,10-22H2,1H3,(H,31,37). The maximum absolute atomic E-state index is 13.5. The number of hydrogen-bond donors (Lipinski definition) is 3. The predicted octanol–water partition coefficient (Wildman–Crippen LogP) is 2.52. The third-order valence-electron chi connectivity index (χ3n) is 10.3. The first-order valence-corrected chi connectivity index (χ1v) is 15.3. The molecule has 3 heterocycles. The number of anilines is 1. The number of hydrogen-bond acceptors (Lipinski definition) is 7. The minimum absolute atomic E-state index is 0.107. The van der Waals surface area contributed by atoms with Crippen LogP contribution in [-0.2, 0) is 9.53 Å². The molecule has 1 aromatic rings. The van der Waals surface area contributed by atoms with Crippen LogP contribution >= 0.6 is 0 Å². The van der Waals surface area contributed by atoms with Crippen molar-refractivity contribution in [3.63, 3.8) is 0 Å². The number of rotatable bonds is 6. The van der Waals surface area contributed by atoms with Gasteiger partial charge in [-0.15, -0.1) is 0 Å². The normalized spacial score (nSPS) is 32.6. The topological polar surface area (TPSA) is 72.1 Å². The summed E-state index contributed by atoms with van der Waals surface area (Å²) in [5, 5.41) is 3.47. The third-order valence-corrected chi connectivity index (χ3v) is 10.3. The van der Waals surface area contributed by atoms with Crippen LogP contribution in [0.5, 0.6) is 0 Å². The summed E-state index contributed by atoms with van der Waals surface area (Å²) in [6.07, 6.45) is 9.24. The Hall–Kier alpha value is -1.71. The predicted molar refractivity (Wildman–Crippen MR) is 151 cm³/mol. The van der Waals surface area contributed by atoms with Crippen LogP contribution in [0.3, 0.4) is 0 Å². The van der Waals surface area contributed by atoms with Crippen LogP contribution in [0.15, 0.2) is 24.3 Å². The molecule has 3 saturated heterocycles. The Kier molecular flexibility index (Phi) is 8.23. The van der Waals surface area contributed by atoms with E-state index >= 15 is 0 Å². The van der Waals surface area contributed by atoms with Gasteiger partial charge >= 0.3 is 0 Å². The van der Waals surface area contributed by atoms with E-state index in [-0.39, 0.29) is 23.4 Å². The summed E-state index contributed by atoms with van der Waals surface area (Å²) in [5.41, 5.74) is 9.93. The van der Waals surface area contributed by atoms with Crippen molar-refractivity contribution in [2.24, 2.45) is 11.8 Å². The largest absolute Gasteiger partial charge is 0.379 e. The maximum Gasteiger partial charge on any atom is 0.223 e. The van der Waals surface area contributed by atoms with Crippen molar-refractivity contribution in [2.45, 2.75) is 69.0 Å². The van der Waals surface area contributed by atoms with E-state index in [1.165, 1.54) is 43.4 Å². The highest BCUT2D eigenvalue weighted by Gasteiger charge is 2.44. The van der Waals surface area contributed by atoms with Gasteiger partial charge < -0.3 is 19.9 Å². The fourth-order valence-corrected chi connectivity index (χ4v) is 7.83. The lowest BCUT2D eigenvalue weighted by molar-refractivity contribution is -0.127. The van der Waals surface area contributed by atoms with Crippen molar-refractivity contribution in [2.75, 3.05) is 71.0 Å². The fourth-order valence-electron chi connectivity index (χ4n) is 7.83. The number of amides is 1. The first-order chi connectivity index (χ1) is 18.6. The molecule has 3 N–H and O–H groups in total. The average Bonchev–Trinajstić information content (AvgIpc) is 3.41. The number of hydrazine groups is 1. The molecule has 0 spiro atoms. The number of nitrogens with zero attached hydrogens (tertiary/aromatic N) is 3. The summed E-state index contributed by atoms with van der Waals surface area (Å²) < 4.78 is 5.64. The molecule has 4 atom stereocenters. The number of carbonyl (C=O) groups is 1. The van der Waals surface area contributed by atoms with E-state index in [1.54, 1.807) is 0 Å². The molecular weight excluding hydrogens is 476 g/mol. The fraction of sp³-hybridized carbons (Fsp3) is 0.767. The number of piperazine rings is 1. The van der Waals surface area contributed by atoms with Crippen molar-refractivity contribution in [3.8, 4) is 0 Å². The van der Waals surface area contributed by atoms with Gasteiger partial charge in [-0.1, -0.05) is 31.4 Å². The first-order valence-electron chi connectivity index (χ1n) is 15.3. The van der Waals surface area contributed by atoms with E-state index in [1.807, 2.05) is 0 Å².